The summed E-state index contributed by atoms with van der Waals surface area (Å²) in [5.41, 5.74) is -5.48. The summed E-state index contributed by atoms with van der Waals surface area (Å²) < 4.78 is 183. The average Bonchev–Trinajstić information content (AvgIpc) is 3.17. The zero-order chi connectivity index (χ0) is 47.1. The van der Waals surface area contributed by atoms with E-state index in [1.807, 2.05) is 0 Å². The van der Waals surface area contributed by atoms with Gasteiger partial charge < -0.3 is 5.73 Å². The van der Waals surface area contributed by atoms with E-state index in [-0.39, 0.29) is 64.4 Å². The molecule has 0 aliphatic rings. The predicted molar refractivity (Wildman–Crippen MR) is 206 cm³/mol. The molecule has 336 valence electrons. The second kappa shape index (κ2) is 20.4. The molecule has 0 radical (unpaired) electrons. The molecule has 0 heterocycles. The van der Waals surface area contributed by atoms with Gasteiger partial charge in [-0.05, 0) is 95.4 Å². The SMILES string of the molecule is CCc1cc(C(F)(C(F)(F)F)C(F)(F)F)cc(C)c1CC(=O)c1ccc(CCl)cc1.CCc1cc(C(F)(C(F)(F)F)C(F)(F)F)cc(C)c1N.O=C(Cl)c1ccc(CCl)cc1. The number of hydrogen-bond acceptors (Lipinski definition) is 3. The zero-order valence-electron chi connectivity index (χ0n) is 32.3. The zero-order valence-corrected chi connectivity index (χ0v) is 34.6. The first-order valence-corrected chi connectivity index (χ1v) is 19.0. The van der Waals surface area contributed by atoms with E-state index in [1.165, 1.54) is 39.8 Å². The van der Waals surface area contributed by atoms with E-state index >= 15 is 0 Å². The number of nitrogens with two attached hydrogens (primary N) is 1. The van der Waals surface area contributed by atoms with Crippen LogP contribution in [0.4, 0.5) is 67.2 Å². The highest BCUT2D eigenvalue weighted by Crippen LogP contribution is 2.55. The Morgan fingerprint density at radius 2 is 0.885 bits per heavy atom. The number of benzene rings is 4. The summed E-state index contributed by atoms with van der Waals surface area (Å²) in [6.45, 7) is 5.49. The fraction of sp³-hybridized carbons (Fsp3) is 0.366. The molecule has 20 heteroatoms. The first-order valence-electron chi connectivity index (χ1n) is 17.6. The highest BCUT2D eigenvalue weighted by atomic mass is 35.5. The van der Waals surface area contributed by atoms with Gasteiger partial charge in [0.05, 0.1) is 0 Å². The molecular formula is C41H36Cl3F14NO2. The molecule has 0 saturated heterocycles. The largest absolute Gasteiger partial charge is 0.435 e. The molecule has 4 aromatic rings. The normalized spacial score (nSPS) is 12.5. The van der Waals surface area contributed by atoms with Gasteiger partial charge in [0.25, 0.3) is 5.24 Å². The first kappa shape index (κ1) is 53.0. The van der Waals surface area contributed by atoms with Gasteiger partial charge in [-0.2, -0.15) is 52.7 Å². The van der Waals surface area contributed by atoms with E-state index in [0.29, 0.717) is 41.3 Å². The van der Waals surface area contributed by atoms with E-state index < -0.39 is 52.4 Å². The molecule has 0 amide bonds. The molecule has 0 aliphatic heterocycles. The Morgan fingerprint density at radius 1 is 0.541 bits per heavy atom. The van der Waals surface area contributed by atoms with Crippen LogP contribution in [-0.4, -0.2) is 35.7 Å². The number of aryl methyl sites for hydroxylation is 4. The quantitative estimate of drug-likeness (QED) is 0.0566. The Balaban J connectivity index is 0.000000353. The van der Waals surface area contributed by atoms with Gasteiger partial charge >= 0.3 is 36.0 Å². The molecule has 0 aromatic heterocycles. The van der Waals surface area contributed by atoms with Gasteiger partial charge in [-0.25, -0.2) is 8.78 Å². The third kappa shape index (κ3) is 12.1. The highest BCUT2D eigenvalue weighted by molar-refractivity contribution is 6.67. The van der Waals surface area contributed by atoms with Crippen molar-refractivity contribution in [1.29, 1.82) is 0 Å². The molecule has 61 heavy (non-hydrogen) atoms. The van der Waals surface area contributed by atoms with Crippen LogP contribution in [0.2, 0.25) is 0 Å². The van der Waals surface area contributed by atoms with Gasteiger partial charge in [0, 0.05) is 46.1 Å². The Labute approximate surface area is 356 Å². The highest BCUT2D eigenvalue weighted by Gasteiger charge is 2.74. The minimum absolute atomic E-state index is 0.0221. The van der Waals surface area contributed by atoms with Crippen LogP contribution >= 0.6 is 34.8 Å². The lowest BCUT2D eigenvalue weighted by atomic mass is 9.86. The number of Topliss-reactive ketones (excluding diaryl/α,β-unsaturated/α-hetero) is 1. The smallest absolute Gasteiger partial charge is 0.398 e. The van der Waals surface area contributed by atoms with Crippen molar-refractivity contribution in [2.75, 3.05) is 5.73 Å². The molecule has 0 saturated carbocycles. The van der Waals surface area contributed by atoms with Crippen LogP contribution in [0.5, 0.6) is 0 Å². The maximum absolute atomic E-state index is 14.4. The Kier molecular flexibility index (Phi) is 17.7. The van der Waals surface area contributed by atoms with Crippen molar-refractivity contribution < 1.29 is 71.1 Å². The number of ketones is 1. The summed E-state index contributed by atoms with van der Waals surface area (Å²) >= 11 is 16.5. The average molecular weight is 947 g/mol. The molecule has 0 bridgehead atoms. The Morgan fingerprint density at radius 3 is 1.21 bits per heavy atom. The van der Waals surface area contributed by atoms with Gasteiger partial charge in [-0.1, -0.05) is 68.4 Å². The van der Waals surface area contributed by atoms with Crippen LogP contribution in [0.3, 0.4) is 0 Å². The molecule has 4 aromatic carbocycles. The minimum Gasteiger partial charge on any atom is -0.398 e. The van der Waals surface area contributed by atoms with E-state index in [4.69, 9.17) is 40.5 Å². The number of anilines is 1. The monoisotopic (exact) mass is 945 g/mol. The Bertz CT molecular complexity index is 2100. The number of halogens is 17. The first-order chi connectivity index (χ1) is 27.9. The van der Waals surface area contributed by atoms with Crippen LogP contribution in [-0.2, 0) is 42.4 Å². The van der Waals surface area contributed by atoms with Gasteiger partial charge in [0.2, 0.25) is 0 Å². The predicted octanol–water partition coefficient (Wildman–Crippen LogP) is 14.2. The number of alkyl halides is 16. The minimum atomic E-state index is -6.19. The van der Waals surface area contributed by atoms with Crippen LogP contribution < -0.4 is 5.73 Å². The van der Waals surface area contributed by atoms with Crippen molar-refractivity contribution in [2.24, 2.45) is 0 Å². The van der Waals surface area contributed by atoms with Crippen molar-refractivity contribution >= 4 is 51.5 Å². The molecule has 0 spiro atoms. The maximum atomic E-state index is 14.4. The van der Waals surface area contributed by atoms with E-state index in [9.17, 15) is 71.1 Å². The van der Waals surface area contributed by atoms with E-state index in [1.54, 1.807) is 36.4 Å². The number of carbonyl (C=O) groups excluding carboxylic acids is 2. The summed E-state index contributed by atoms with van der Waals surface area (Å²) in [4.78, 5) is 23.1. The van der Waals surface area contributed by atoms with Gasteiger partial charge in [0.15, 0.2) is 5.78 Å². The van der Waals surface area contributed by atoms with Gasteiger partial charge in [-0.3, -0.25) is 9.59 Å². The second-order valence-corrected chi connectivity index (χ2v) is 14.2. The summed E-state index contributed by atoms with van der Waals surface area (Å²) in [5, 5.41) is -0.439. The third-order valence-electron chi connectivity index (χ3n) is 9.26. The van der Waals surface area contributed by atoms with Crippen LogP contribution in [0, 0.1) is 13.8 Å². The summed E-state index contributed by atoms with van der Waals surface area (Å²) in [6.07, 6.45) is -24.7. The van der Waals surface area contributed by atoms with Crippen LogP contribution in [0.1, 0.15) is 84.6 Å². The maximum Gasteiger partial charge on any atom is 0.435 e. The van der Waals surface area contributed by atoms with Crippen LogP contribution in [0.25, 0.3) is 0 Å². The molecule has 0 unspecified atom stereocenters. The summed E-state index contributed by atoms with van der Waals surface area (Å²) in [6, 6.07) is 15.3. The van der Waals surface area contributed by atoms with Crippen molar-refractivity contribution in [3.63, 3.8) is 0 Å². The number of nitrogen functional groups attached to an aromatic ring is 1. The number of rotatable bonds is 10. The fourth-order valence-electron chi connectivity index (χ4n) is 5.76. The number of hydrogen-bond donors (Lipinski definition) is 1. The summed E-state index contributed by atoms with van der Waals surface area (Å²) in [5.74, 6) is 0.328. The van der Waals surface area contributed by atoms with E-state index in [2.05, 4.69) is 0 Å². The molecule has 0 aliphatic carbocycles. The summed E-state index contributed by atoms with van der Waals surface area (Å²) in [7, 11) is 0. The van der Waals surface area contributed by atoms with E-state index in [0.717, 1.165) is 11.1 Å². The van der Waals surface area contributed by atoms with Gasteiger partial charge in [0.1, 0.15) is 0 Å². The molecule has 0 fully saturated rings. The molecular weight excluding hydrogens is 911 g/mol. The van der Waals surface area contributed by atoms with Crippen molar-refractivity contribution in [3.8, 4) is 0 Å². The third-order valence-corrected chi connectivity index (χ3v) is 10.1. The second-order valence-electron chi connectivity index (χ2n) is 13.3. The lowest BCUT2D eigenvalue weighted by Gasteiger charge is -2.31. The topological polar surface area (TPSA) is 60.2 Å². The molecule has 0 atom stereocenters. The van der Waals surface area contributed by atoms with Crippen molar-refractivity contribution in [3.05, 3.63) is 134 Å². The van der Waals surface area contributed by atoms with Crippen LogP contribution in [0.15, 0.2) is 72.8 Å². The Hall–Kier alpha value is -4.09. The standard InChI is InChI=1S/C21H18ClF7O.C12H12F7N.C8H6Cl2O/c1-3-14-9-16(19(23,20(24,25)26)21(27,28)29)8-12(2)17(14)10-18(30)15-6-4-13(11-22)5-7-15;1-3-7-5-8(4-6(2)9(7)20)10(13,11(14,15)16)12(17,18)19;9-5-6-1-3-7(4-2-6)8(10)11/h4-9H,3,10-11H2,1-2H3;4-5H,3,20H2,1-2H3;1-4H,5H2. The van der Waals surface area contributed by atoms with Crippen molar-refractivity contribution in [2.45, 2.75) is 94.8 Å². The fourth-order valence-corrected chi connectivity index (χ4v) is 6.25. The lowest BCUT2D eigenvalue weighted by molar-refractivity contribution is -0.349. The molecule has 4 rings (SSSR count). The molecule has 3 nitrogen and oxygen atoms in total. The van der Waals surface area contributed by atoms with Crippen molar-refractivity contribution in [1.82, 2.24) is 0 Å². The van der Waals surface area contributed by atoms with Gasteiger partial charge in [-0.15, -0.1) is 23.2 Å². The molecule has 2 N–H and O–H groups in total. The number of carbonyl (C=O) groups is 2. The lowest BCUT2D eigenvalue weighted by Crippen LogP contribution is -2.50.